The fourth-order valence-electron chi connectivity index (χ4n) is 2.65. The highest BCUT2D eigenvalue weighted by Crippen LogP contribution is 2.27. The van der Waals surface area contributed by atoms with Gasteiger partial charge in [-0.3, -0.25) is 14.9 Å². The van der Waals surface area contributed by atoms with Crippen molar-refractivity contribution < 1.29 is 19.2 Å². The number of aliphatic hydroxyl groups is 1. The van der Waals surface area contributed by atoms with Gasteiger partial charge in [-0.15, -0.1) is 0 Å². The van der Waals surface area contributed by atoms with Crippen LogP contribution in [0.4, 0.5) is 10.1 Å². The van der Waals surface area contributed by atoms with Gasteiger partial charge in [-0.2, -0.15) is 0 Å². The SMILES string of the molecule is O=C(NCC(O)C1CCCC1)c1ccc(F)cc1[N+](=O)[O-]. The molecule has 0 aliphatic heterocycles. The molecule has 1 aromatic rings. The van der Waals surface area contributed by atoms with E-state index in [1.54, 1.807) is 0 Å². The Bertz CT molecular complexity index is 544. The number of halogens is 1. The van der Waals surface area contributed by atoms with Crippen LogP contribution in [-0.2, 0) is 0 Å². The van der Waals surface area contributed by atoms with E-state index in [1.165, 1.54) is 0 Å². The largest absolute Gasteiger partial charge is 0.391 e. The summed E-state index contributed by atoms with van der Waals surface area (Å²) in [4.78, 5) is 22.0. The molecule has 0 bridgehead atoms. The van der Waals surface area contributed by atoms with Gasteiger partial charge in [0.25, 0.3) is 11.6 Å². The molecule has 21 heavy (non-hydrogen) atoms. The fourth-order valence-corrected chi connectivity index (χ4v) is 2.65. The van der Waals surface area contributed by atoms with E-state index in [4.69, 9.17) is 0 Å². The Morgan fingerprint density at radius 3 is 2.76 bits per heavy atom. The molecule has 0 aromatic heterocycles. The number of carbonyl (C=O) groups excluding carboxylic acids is 1. The van der Waals surface area contributed by atoms with Crippen LogP contribution in [0.1, 0.15) is 36.0 Å². The monoisotopic (exact) mass is 296 g/mol. The number of benzene rings is 1. The Balaban J connectivity index is 2.01. The van der Waals surface area contributed by atoms with Gasteiger partial charge in [-0.25, -0.2) is 4.39 Å². The minimum absolute atomic E-state index is 0.0397. The number of hydrogen-bond donors (Lipinski definition) is 2. The fraction of sp³-hybridized carbons (Fsp3) is 0.500. The van der Waals surface area contributed by atoms with Crippen LogP contribution in [0.15, 0.2) is 18.2 Å². The second kappa shape index (κ2) is 6.62. The summed E-state index contributed by atoms with van der Waals surface area (Å²) in [6.45, 7) is 0.0397. The second-order valence-corrected chi connectivity index (χ2v) is 5.24. The molecule has 6 nitrogen and oxygen atoms in total. The zero-order valence-corrected chi connectivity index (χ0v) is 11.4. The Morgan fingerprint density at radius 2 is 2.14 bits per heavy atom. The van der Waals surface area contributed by atoms with E-state index < -0.39 is 28.4 Å². The Morgan fingerprint density at radius 1 is 1.48 bits per heavy atom. The van der Waals surface area contributed by atoms with Gasteiger partial charge in [0.2, 0.25) is 0 Å². The minimum Gasteiger partial charge on any atom is -0.391 e. The third kappa shape index (κ3) is 3.75. The van der Waals surface area contributed by atoms with E-state index in [2.05, 4.69) is 5.32 Å². The van der Waals surface area contributed by atoms with Crippen LogP contribution in [0.2, 0.25) is 0 Å². The van der Waals surface area contributed by atoms with Crippen LogP contribution in [0.5, 0.6) is 0 Å². The van der Waals surface area contributed by atoms with Crippen LogP contribution in [0.3, 0.4) is 0 Å². The Kier molecular flexibility index (Phi) is 4.85. The first-order valence-corrected chi connectivity index (χ1v) is 6.89. The van der Waals surface area contributed by atoms with Crippen molar-refractivity contribution in [2.45, 2.75) is 31.8 Å². The molecule has 1 aromatic carbocycles. The van der Waals surface area contributed by atoms with Crippen molar-refractivity contribution in [2.24, 2.45) is 5.92 Å². The van der Waals surface area contributed by atoms with Crippen LogP contribution >= 0.6 is 0 Å². The summed E-state index contributed by atoms with van der Waals surface area (Å²) in [7, 11) is 0. The number of hydrogen-bond acceptors (Lipinski definition) is 4. The topological polar surface area (TPSA) is 92.5 Å². The normalized spacial score (nSPS) is 16.7. The number of amides is 1. The lowest BCUT2D eigenvalue weighted by Crippen LogP contribution is -2.35. The van der Waals surface area contributed by atoms with Crippen LogP contribution in [-0.4, -0.2) is 28.6 Å². The lowest BCUT2D eigenvalue weighted by atomic mass is 10.0. The third-order valence-electron chi connectivity index (χ3n) is 3.82. The number of aliphatic hydroxyl groups excluding tert-OH is 1. The predicted octanol–water partition coefficient (Wildman–Crippen LogP) is 2.01. The molecule has 2 N–H and O–H groups in total. The quantitative estimate of drug-likeness (QED) is 0.642. The zero-order valence-electron chi connectivity index (χ0n) is 11.4. The minimum atomic E-state index is -0.800. The van der Waals surface area contributed by atoms with Gasteiger partial charge in [-0.1, -0.05) is 12.8 Å². The lowest BCUT2D eigenvalue weighted by molar-refractivity contribution is -0.385. The molecular weight excluding hydrogens is 279 g/mol. The molecule has 1 atom stereocenters. The van der Waals surface area contributed by atoms with Gasteiger partial charge in [0.15, 0.2) is 0 Å². The molecule has 0 saturated heterocycles. The third-order valence-corrected chi connectivity index (χ3v) is 3.82. The average Bonchev–Trinajstić information content (AvgIpc) is 2.98. The van der Waals surface area contributed by atoms with Crippen LogP contribution in [0.25, 0.3) is 0 Å². The standard InChI is InChI=1S/C14H17FN2O4/c15-10-5-6-11(12(7-10)17(20)21)14(19)16-8-13(18)9-3-1-2-4-9/h5-7,9,13,18H,1-4,8H2,(H,16,19). The van der Waals surface area contributed by atoms with Gasteiger partial charge in [0.05, 0.1) is 17.1 Å². The number of nitro groups is 1. The molecule has 114 valence electrons. The smallest absolute Gasteiger partial charge is 0.285 e. The number of nitrogens with one attached hydrogen (secondary N) is 1. The van der Waals surface area contributed by atoms with Crippen molar-refractivity contribution in [2.75, 3.05) is 6.54 Å². The molecule has 7 heteroatoms. The Hall–Kier alpha value is -2.02. The lowest BCUT2D eigenvalue weighted by Gasteiger charge is -2.18. The summed E-state index contributed by atoms with van der Waals surface area (Å²) in [5.41, 5.74) is -0.789. The van der Waals surface area contributed by atoms with Gasteiger partial charge in [0.1, 0.15) is 11.4 Å². The molecule has 1 saturated carbocycles. The first-order valence-electron chi connectivity index (χ1n) is 6.89. The maximum atomic E-state index is 13.0. The molecular formula is C14H17FN2O4. The number of nitro benzene ring substituents is 1. The molecule has 1 aliphatic carbocycles. The maximum Gasteiger partial charge on any atom is 0.285 e. The summed E-state index contributed by atoms with van der Waals surface area (Å²) >= 11 is 0. The molecule has 1 fully saturated rings. The number of rotatable bonds is 5. The summed E-state index contributed by atoms with van der Waals surface area (Å²) in [6, 6.07) is 2.78. The van der Waals surface area contributed by atoms with E-state index in [0.29, 0.717) is 6.07 Å². The van der Waals surface area contributed by atoms with Crippen LogP contribution in [0, 0.1) is 21.8 Å². The van der Waals surface area contributed by atoms with Crippen molar-refractivity contribution in [3.8, 4) is 0 Å². The average molecular weight is 296 g/mol. The van der Waals surface area contributed by atoms with Gasteiger partial charge in [-0.05, 0) is 30.9 Å². The first-order chi connectivity index (χ1) is 9.99. The van der Waals surface area contributed by atoms with Crippen molar-refractivity contribution >= 4 is 11.6 Å². The maximum absolute atomic E-state index is 13.0. The molecule has 1 unspecified atom stereocenters. The first kappa shape index (κ1) is 15.4. The van der Waals surface area contributed by atoms with Crippen molar-refractivity contribution in [3.05, 3.63) is 39.7 Å². The molecule has 1 aliphatic rings. The molecule has 2 rings (SSSR count). The molecule has 0 spiro atoms. The highest BCUT2D eigenvalue weighted by atomic mass is 19.1. The van der Waals surface area contributed by atoms with Crippen molar-refractivity contribution in [1.82, 2.24) is 5.32 Å². The number of carbonyl (C=O) groups is 1. The van der Waals surface area contributed by atoms with Crippen LogP contribution < -0.4 is 5.32 Å². The summed E-state index contributed by atoms with van der Waals surface area (Å²) in [5.74, 6) is -1.29. The Labute approximate surface area is 121 Å². The zero-order chi connectivity index (χ0) is 15.4. The van der Waals surface area contributed by atoms with E-state index in [0.717, 1.165) is 37.8 Å². The van der Waals surface area contributed by atoms with E-state index >= 15 is 0 Å². The van der Waals surface area contributed by atoms with Crippen molar-refractivity contribution in [1.29, 1.82) is 0 Å². The highest BCUT2D eigenvalue weighted by Gasteiger charge is 2.25. The highest BCUT2D eigenvalue weighted by molar-refractivity contribution is 5.98. The second-order valence-electron chi connectivity index (χ2n) is 5.24. The van der Waals surface area contributed by atoms with E-state index in [-0.39, 0.29) is 18.0 Å². The van der Waals surface area contributed by atoms with E-state index in [9.17, 15) is 24.4 Å². The molecule has 1 amide bonds. The summed E-state index contributed by atoms with van der Waals surface area (Å²) in [6.07, 6.45) is 3.33. The predicted molar refractivity (Wildman–Crippen MR) is 73.4 cm³/mol. The molecule has 0 heterocycles. The summed E-state index contributed by atoms with van der Waals surface area (Å²) in [5, 5.41) is 23.3. The molecule has 0 radical (unpaired) electrons. The van der Waals surface area contributed by atoms with E-state index in [1.807, 2.05) is 0 Å². The van der Waals surface area contributed by atoms with Crippen molar-refractivity contribution in [3.63, 3.8) is 0 Å². The number of nitrogens with zero attached hydrogens (tertiary/aromatic N) is 1. The van der Waals surface area contributed by atoms with Gasteiger partial charge in [0, 0.05) is 6.54 Å². The van der Waals surface area contributed by atoms with Gasteiger partial charge >= 0.3 is 0 Å². The summed E-state index contributed by atoms with van der Waals surface area (Å²) < 4.78 is 13.0. The van der Waals surface area contributed by atoms with Gasteiger partial charge < -0.3 is 10.4 Å².